The number of carbonyl (C=O) groups is 1. The molecule has 0 amide bonds. The van der Waals surface area contributed by atoms with Crippen molar-refractivity contribution in [3.63, 3.8) is 0 Å². The molecule has 0 spiro atoms. The van der Waals surface area contributed by atoms with Gasteiger partial charge in [-0.15, -0.1) is 0 Å². The molecule has 168 valence electrons. The molecule has 1 atom stereocenters. The van der Waals surface area contributed by atoms with Gasteiger partial charge in [-0.25, -0.2) is 4.79 Å². The number of hydrogen-bond donors (Lipinski definition) is 0. The summed E-state index contributed by atoms with van der Waals surface area (Å²) < 4.78 is 11.2. The summed E-state index contributed by atoms with van der Waals surface area (Å²) in [4.78, 5) is 12.2. The van der Waals surface area contributed by atoms with E-state index in [0.29, 0.717) is 6.61 Å². The summed E-state index contributed by atoms with van der Waals surface area (Å²) in [5, 5.41) is 1.03. The minimum atomic E-state index is -0.472. The van der Waals surface area contributed by atoms with E-state index in [4.69, 9.17) is 9.47 Å². The van der Waals surface area contributed by atoms with Gasteiger partial charge in [0.1, 0.15) is 12.7 Å². The number of alkyl halides is 1. The van der Waals surface area contributed by atoms with Crippen molar-refractivity contribution in [3.05, 3.63) is 0 Å². The van der Waals surface area contributed by atoms with Gasteiger partial charge in [-0.05, 0) is 43.9 Å². The average molecular weight is 464 g/mol. The van der Waals surface area contributed by atoms with E-state index in [1.54, 1.807) is 0 Å². The van der Waals surface area contributed by atoms with Crippen molar-refractivity contribution in [2.75, 3.05) is 11.9 Å². The lowest BCUT2D eigenvalue weighted by molar-refractivity contribution is -0.00264. The smallest absolute Gasteiger partial charge is 0.434 e. The Balaban J connectivity index is 4.23. The molecule has 0 saturated carbocycles. The zero-order valence-corrected chi connectivity index (χ0v) is 20.8. The summed E-state index contributed by atoms with van der Waals surface area (Å²) in [6.07, 6.45) is 17.3. The SMILES string of the molecule is CCCCCCCCC(CCCCCC)OC(=O)OCC(C)(C)CCCCBr. The second kappa shape index (κ2) is 18.8. The van der Waals surface area contributed by atoms with Crippen molar-refractivity contribution in [1.82, 2.24) is 0 Å². The minimum Gasteiger partial charge on any atom is -0.434 e. The Bertz CT molecular complexity index is 358. The predicted octanol–water partition coefficient (Wildman–Crippen LogP) is 8.82. The zero-order chi connectivity index (χ0) is 21.1. The van der Waals surface area contributed by atoms with E-state index >= 15 is 0 Å². The molecule has 0 aliphatic carbocycles. The Labute approximate surface area is 183 Å². The van der Waals surface area contributed by atoms with Crippen LogP contribution in [-0.4, -0.2) is 24.2 Å². The molecular formula is C24H47BrO3. The van der Waals surface area contributed by atoms with Crippen LogP contribution in [0.1, 0.15) is 124 Å². The summed E-state index contributed by atoms with van der Waals surface area (Å²) in [5.74, 6) is 0. The van der Waals surface area contributed by atoms with Gasteiger partial charge in [0.15, 0.2) is 0 Å². The Morgan fingerprint density at radius 3 is 1.93 bits per heavy atom. The van der Waals surface area contributed by atoms with E-state index in [1.807, 2.05) is 0 Å². The van der Waals surface area contributed by atoms with Gasteiger partial charge in [0.05, 0.1) is 0 Å². The Morgan fingerprint density at radius 1 is 0.821 bits per heavy atom. The maximum atomic E-state index is 12.2. The lowest BCUT2D eigenvalue weighted by Gasteiger charge is -2.25. The van der Waals surface area contributed by atoms with Crippen LogP contribution in [0.15, 0.2) is 0 Å². The molecule has 1 unspecified atom stereocenters. The largest absolute Gasteiger partial charge is 0.508 e. The third-order valence-electron chi connectivity index (χ3n) is 5.34. The van der Waals surface area contributed by atoms with Crippen LogP contribution in [-0.2, 0) is 9.47 Å². The highest BCUT2D eigenvalue weighted by Gasteiger charge is 2.22. The number of carbonyl (C=O) groups excluding carboxylic acids is 1. The molecule has 0 N–H and O–H groups in total. The fourth-order valence-electron chi connectivity index (χ4n) is 3.41. The van der Waals surface area contributed by atoms with Crippen molar-refractivity contribution >= 4 is 22.1 Å². The Morgan fingerprint density at radius 2 is 1.36 bits per heavy atom. The fraction of sp³-hybridized carbons (Fsp3) is 0.958. The van der Waals surface area contributed by atoms with Gasteiger partial charge in [-0.3, -0.25) is 0 Å². The van der Waals surface area contributed by atoms with Crippen molar-refractivity contribution in [2.24, 2.45) is 5.41 Å². The molecule has 4 heteroatoms. The summed E-state index contributed by atoms with van der Waals surface area (Å²) >= 11 is 3.47. The van der Waals surface area contributed by atoms with E-state index in [2.05, 4.69) is 43.6 Å². The quantitative estimate of drug-likeness (QED) is 0.109. The van der Waals surface area contributed by atoms with Crippen molar-refractivity contribution in [2.45, 2.75) is 130 Å². The predicted molar refractivity (Wildman–Crippen MR) is 124 cm³/mol. The Kier molecular flexibility index (Phi) is 18.6. The van der Waals surface area contributed by atoms with Crippen molar-refractivity contribution in [3.8, 4) is 0 Å². The highest BCUT2D eigenvalue weighted by Crippen LogP contribution is 2.24. The maximum Gasteiger partial charge on any atom is 0.508 e. The average Bonchev–Trinajstić information content (AvgIpc) is 2.66. The van der Waals surface area contributed by atoms with Gasteiger partial charge in [-0.2, -0.15) is 0 Å². The molecule has 0 bridgehead atoms. The van der Waals surface area contributed by atoms with Crippen LogP contribution in [0.5, 0.6) is 0 Å². The van der Waals surface area contributed by atoms with E-state index in [9.17, 15) is 4.79 Å². The normalized spacial score (nSPS) is 12.8. The molecule has 0 rings (SSSR count). The maximum absolute atomic E-state index is 12.2. The van der Waals surface area contributed by atoms with Gasteiger partial charge < -0.3 is 9.47 Å². The van der Waals surface area contributed by atoms with Crippen LogP contribution in [0.25, 0.3) is 0 Å². The lowest BCUT2D eigenvalue weighted by atomic mass is 9.88. The zero-order valence-electron chi connectivity index (χ0n) is 19.2. The molecule has 28 heavy (non-hydrogen) atoms. The molecule has 0 heterocycles. The number of ether oxygens (including phenoxy) is 2. The first-order valence-corrected chi connectivity index (χ1v) is 13.0. The minimum absolute atomic E-state index is 0.0110. The number of unbranched alkanes of at least 4 members (excludes halogenated alkanes) is 9. The van der Waals surface area contributed by atoms with Crippen LogP contribution < -0.4 is 0 Å². The van der Waals surface area contributed by atoms with Gasteiger partial charge in [0.25, 0.3) is 0 Å². The van der Waals surface area contributed by atoms with Gasteiger partial charge in [-0.1, -0.05) is 101 Å². The van der Waals surface area contributed by atoms with Gasteiger partial charge in [0, 0.05) is 5.33 Å². The summed E-state index contributed by atoms with van der Waals surface area (Å²) in [7, 11) is 0. The van der Waals surface area contributed by atoms with Crippen molar-refractivity contribution < 1.29 is 14.3 Å². The van der Waals surface area contributed by atoms with Gasteiger partial charge in [0.2, 0.25) is 0 Å². The second-order valence-corrected chi connectivity index (χ2v) is 9.79. The third kappa shape index (κ3) is 17.8. The number of hydrogen-bond acceptors (Lipinski definition) is 3. The summed E-state index contributed by atoms with van der Waals surface area (Å²) in [6, 6.07) is 0. The van der Waals surface area contributed by atoms with Gasteiger partial charge >= 0.3 is 6.16 Å². The molecule has 0 radical (unpaired) electrons. The fourth-order valence-corrected chi connectivity index (χ4v) is 3.80. The lowest BCUT2D eigenvalue weighted by Crippen LogP contribution is -2.25. The monoisotopic (exact) mass is 462 g/mol. The molecule has 0 aliphatic heterocycles. The van der Waals surface area contributed by atoms with Crippen LogP contribution in [0.2, 0.25) is 0 Å². The van der Waals surface area contributed by atoms with E-state index in [-0.39, 0.29) is 11.5 Å². The van der Waals surface area contributed by atoms with Crippen LogP contribution in [0, 0.1) is 5.41 Å². The molecular weight excluding hydrogens is 416 g/mol. The highest BCUT2D eigenvalue weighted by atomic mass is 79.9. The second-order valence-electron chi connectivity index (χ2n) is 8.99. The molecule has 0 saturated heterocycles. The third-order valence-corrected chi connectivity index (χ3v) is 5.90. The summed E-state index contributed by atoms with van der Waals surface area (Å²) in [5.41, 5.74) is 0.0110. The van der Waals surface area contributed by atoms with Crippen LogP contribution in [0.4, 0.5) is 4.79 Å². The van der Waals surface area contributed by atoms with Crippen LogP contribution >= 0.6 is 15.9 Å². The van der Waals surface area contributed by atoms with E-state index in [0.717, 1.165) is 50.3 Å². The molecule has 0 aromatic rings. The highest BCUT2D eigenvalue weighted by molar-refractivity contribution is 9.09. The first-order valence-electron chi connectivity index (χ1n) is 11.8. The molecule has 3 nitrogen and oxygen atoms in total. The Hall–Kier alpha value is -0.250. The number of halogens is 1. The molecule has 0 aromatic heterocycles. The first kappa shape index (κ1) is 27.8. The molecule has 0 aromatic carbocycles. The topological polar surface area (TPSA) is 35.5 Å². The van der Waals surface area contributed by atoms with Crippen molar-refractivity contribution in [1.29, 1.82) is 0 Å². The molecule has 0 aliphatic rings. The van der Waals surface area contributed by atoms with E-state index < -0.39 is 6.16 Å². The summed E-state index contributed by atoms with van der Waals surface area (Å²) in [6.45, 7) is 9.23. The molecule has 0 fully saturated rings. The van der Waals surface area contributed by atoms with E-state index in [1.165, 1.54) is 51.4 Å². The number of rotatable bonds is 19. The first-order chi connectivity index (χ1) is 13.4. The van der Waals surface area contributed by atoms with Crippen LogP contribution in [0.3, 0.4) is 0 Å². The standard InChI is InChI=1S/C24H47BrO3/c1-5-7-9-11-12-14-18-22(17-13-10-8-6-2)28-23(26)27-21-24(3,4)19-15-16-20-25/h22H,5-21H2,1-4H3.